The van der Waals surface area contributed by atoms with Crippen molar-refractivity contribution in [3.05, 3.63) is 0 Å². The summed E-state index contributed by atoms with van der Waals surface area (Å²) in [6, 6.07) is 0. The molecule has 0 aliphatic carbocycles. The molecule has 6 aliphatic rings. The van der Waals surface area contributed by atoms with Crippen molar-refractivity contribution < 1.29 is 103 Å². The molecule has 6 aliphatic heterocycles. The molecule has 6 heterocycles. The largest absolute Gasteiger partial charge is 2.00 e. The summed E-state index contributed by atoms with van der Waals surface area (Å²) >= 11 is 0. The van der Waals surface area contributed by atoms with Crippen LogP contribution in [0.25, 0.3) is 0 Å². The molecular formula is C18H24Cl2CuN6O14. The molecule has 0 aromatic rings. The van der Waals surface area contributed by atoms with E-state index in [1.54, 1.807) is 0 Å². The van der Waals surface area contributed by atoms with E-state index in [2.05, 4.69) is 30.0 Å². The predicted molar refractivity (Wildman–Crippen MR) is 110 cm³/mol. The molecule has 0 bridgehead atoms. The summed E-state index contributed by atoms with van der Waals surface area (Å²) in [5.74, 6) is 3.49. The second kappa shape index (κ2) is 18.9. The number of halogens is 2. The summed E-state index contributed by atoms with van der Waals surface area (Å²) in [7, 11) is -9.89. The number of nitrogens with zero attached hydrogens (tertiary/aromatic N) is 6. The number of ether oxygens (including phenoxy) is 6. The van der Waals surface area contributed by atoms with Crippen molar-refractivity contribution >= 4 is 35.4 Å². The van der Waals surface area contributed by atoms with Crippen LogP contribution in [0.5, 0.6) is 0 Å². The van der Waals surface area contributed by atoms with Crippen molar-refractivity contribution in [1.29, 1.82) is 0 Å². The molecular weight excluding hydrogens is 659 g/mol. The Morgan fingerprint density at radius 3 is 0.537 bits per heavy atom. The minimum Gasteiger partial charge on any atom is -0.472 e. The zero-order valence-electron chi connectivity index (χ0n) is 20.9. The number of hydrogen-bond acceptors (Lipinski definition) is 20. The fraction of sp³-hybridized carbons (Fsp3) is 0.667. The number of hydrogen-bond donors (Lipinski definition) is 0. The molecule has 0 saturated heterocycles. The van der Waals surface area contributed by atoms with E-state index in [0.29, 0.717) is 75.0 Å². The molecule has 0 unspecified atom stereocenters. The molecule has 0 saturated carbocycles. The van der Waals surface area contributed by atoms with E-state index >= 15 is 0 Å². The van der Waals surface area contributed by atoms with Gasteiger partial charge in [-0.3, -0.25) is 0 Å². The Hall–Kier alpha value is -2.40. The van der Waals surface area contributed by atoms with Crippen molar-refractivity contribution in [2.45, 2.75) is 0 Å². The van der Waals surface area contributed by atoms with Gasteiger partial charge >= 0.3 is 17.1 Å². The van der Waals surface area contributed by atoms with E-state index in [1.165, 1.54) is 0 Å². The molecule has 41 heavy (non-hydrogen) atoms. The van der Waals surface area contributed by atoms with Gasteiger partial charge in [0, 0.05) is 0 Å². The SMILES string of the molecule is C1COC(C2=NCCO2)=N1.C1COC(C2=NCCO2)=N1.C1COC(C2=NCCO2)=N1.[Cu+2].[O-][Cl+3]([O-])([O-])[O-].[O-][Cl+3]([O-])([O-])[O-]. The van der Waals surface area contributed by atoms with Gasteiger partial charge in [-0.05, 0) is 0 Å². The van der Waals surface area contributed by atoms with Gasteiger partial charge in [0.15, 0.2) is 0 Å². The first-order chi connectivity index (χ1) is 18.9. The Kier molecular flexibility index (Phi) is 16.9. The smallest absolute Gasteiger partial charge is 0.472 e. The van der Waals surface area contributed by atoms with E-state index in [1.807, 2.05) is 0 Å². The fourth-order valence-electron chi connectivity index (χ4n) is 2.79. The quantitative estimate of drug-likeness (QED) is 0.250. The molecule has 0 spiro atoms. The minimum absolute atomic E-state index is 0. The third-order valence-corrected chi connectivity index (χ3v) is 4.06. The van der Waals surface area contributed by atoms with Crippen molar-refractivity contribution in [2.75, 3.05) is 78.9 Å². The van der Waals surface area contributed by atoms with Gasteiger partial charge in [0.2, 0.25) is 0 Å². The fourth-order valence-corrected chi connectivity index (χ4v) is 2.79. The van der Waals surface area contributed by atoms with E-state index in [0.717, 1.165) is 39.3 Å². The summed E-state index contributed by atoms with van der Waals surface area (Å²) in [6.07, 6.45) is 0. The van der Waals surface area contributed by atoms with Crippen LogP contribution in [0.2, 0.25) is 0 Å². The van der Waals surface area contributed by atoms with Crippen LogP contribution >= 0.6 is 0 Å². The molecule has 0 atom stereocenters. The maximum absolute atomic E-state index is 8.49. The van der Waals surface area contributed by atoms with Crippen molar-refractivity contribution in [2.24, 2.45) is 30.0 Å². The molecule has 0 fully saturated rings. The van der Waals surface area contributed by atoms with Crippen LogP contribution in [0.3, 0.4) is 0 Å². The molecule has 0 aromatic carbocycles. The van der Waals surface area contributed by atoms with Crippen LogP contribution in [0.1, 0.15) is 0 Å². The minimum atomic E-state index is -4.94. The molecule has 0 aromatic heterocycles. The number of rotatable bonds is 3. The Balaban J connectivity index is 0.000000264. The Morgan fingerprint density at radius 1 is 0.341 bits per heavy atom. The third-order valence-electron chi connectivity index (χ3n) is 4.06. The summed E-state index contributed by atoms with van der Waals surface area (Å²) in [5, 5.41) is 0. The van der Waals surface area contributed by atoms with Crippen LogP contribution in [-0.4, -0.2) is 114 Å². The first kappa shape index (κ1) is 36.6. The second-order valence-corrected chi connectivity index (χ2v) is 8.48. The van der Waals surface area contributed by atoms with Gasteiger partial charge in [-0.15, -0.1) is 20.5 Å². The van der Waals surface area contributed by atoms with Gasteiger partial charge < -0.3 is 28.4 Å². The molecule has 0 amide bonds. The molecule has 23 heteroatoms. The van der Waals surface area contributed by atoms with Gasteiger partial charge in [0.25, 0.3) is 35.4 Å². The summed E-state index contributed by atoms with van der Waals surface area (Å²) in [4.78, 5) is 24.3. The average molecular weight is 683 g/mol. The Bertz CT molecular complexity index is 805. The van der Waals surface area contributed by atoms with Crippen LogP contribution in [0, 0.1) is 20.5 Å². The standard InChI is InChI=1S/3C6H8N2O2.2ClHO4.Cu/c3*1-3-9-5(7-1)6-8-2-4-10-6;2*2-1(3,4)5;/h3*1-4H2;2*(H,2,3,4,5);/q;;;;;+2/p-2. The molecule has 0 N–H and O–H groups in total. The monoisotopic (exact) mass is 681 g/mol. The zero-order valence-corrected chi connectivity index (χ0v) is 23.4. The molecule has 6 rings (SSSR count). The van der Waals surface area contributed by atoms with Gasteiger partial charge in [-0.25, -0.2) is 67.2 Å². The summed E-state index contributed by atoms with van der Waals surface area (Å²) < 4.78 is 98.7. The van der Waals surface area contributed by atoms with Gasteiger partial charge in [0.1, 0.15) is 39.6 Å². The average Bonchev–Trinajstić information content (AvgIpc) is 3.73. The first-order valence-corrected chi connectivity index (χ1v) is 13.6. The topological polar surface area (TPSA) is 314 Å². The maximum atomic E-state index is 8.49. The van der Waals surface area contributed by atoms with Gasteiger partial charge in [-0.2, -0.15) is 0 Å². The van der Waals surface area contributed by atoms with Crippen LogP contribution in [0.4, 0.5) is 0 Å². The maximum Gasteiger partial charge on any atom is 2.00 e. The van der Waals surface area contributed by atoms with Crippen molar-refractivity contribution in [3.63, 3.8) is 0 Å². The first-order valence-electron chi connectivity index (χ1n) is 11.2. The summed E-state index contributed by atoms with van der Waals surface area (Å²) in [6.45, 7) is 8.39. The Labute approximate surface area is 247 Å². The third kappa shape index (κ3) is 17.9. The second-order valence-electron chi connectivity index (χ2n) is 6.97. The number of aliphatic imine (C=N–C) groups is 6. The Morgan fingerprint density at radius 2 is 0.463 bits per heavy atom. The predicted octanol–water partition coefficient (Wildman–Crippen LogP) is -9.98. The van der Waals surface area contributed by atoms with Crippen molar-refractivity contribution in [1.82, 2.24) is 0 Å². The molecule has 20 nitrogen and oxygen atoms in total. The van der Waals surface area contributed by atoms with Crippen LogP contribution < -0.4 is 37.3 Å². The van der Waals surface area contributed by atoms with E-state index in [4.69, 9.17) is 65.7 Å². The van der Waals surface area contributed by atoms with Crippen LogP contribution in [0.15, 0.2) is 30.0 Å². The van der Waals surface area contributed by atoms with Crippen LogP contribution in [-0.2, 0) is 45.5 Å². The van der Waals surface area contributed by atoms with Gasteiger partial charge in [0.05, 0.1) is 39.3 Å². The zero-order chi connectivity index (χ0) is 29.4. The van der Waals surface area contributed by atoms with Crippen molar-refractivity contribution in [3.8, 4) is 0 Å². The van der Waals surface area contributed by atoms with Gasteiger partial charge in [-0.1, -0.05) is 0 Å². The van der Waals surface area contributed by atoms with E-state index in [9.17, 15) is 0 Å². The normalized spacial score (nSPS) is 19.9. The molecule has 1 radical (unpaired) electrons. The summed E-state index contributed by atoms with van der Waals surface area (Å²) in [5.41, 5.74) is 0. The van der Waals surface area contributed by atoms with E-state index < -0.39 is 20.5 Å². The van der Waals surface area contributed by atoms with E-state index in [-0.39, 0.29) is 17.1 Å². The molecule has 235 valence electrons.